The van der Waals surface area contributed by atoms with Gasteiger partial charge in [-0.25, -0.2) is 0 Å². The SMILES string of the molecule is O=C(NC(=S)Nc1ccccc1O)c1ccc([N+](=O)[O-])cc1. The van der Waals surface area contributed by atoms with Crippen LogP contribution in [0.4, 0.5) is 11.4 Å². The number of phenols is 1. The zero-order valence-corrected chi connectivity index (χ0v) is 12.0. The van der Waals surface area contributed by atoms with Crippen LogP contribution < -0.4 is 10.6 Å². The number of phenolic OH excluding ortho intramolecular Hbond substituents is 1. The number of nitrogens with zero attached hydrogens (tertiary/aromatic N) is 1. The first-order valence-corrected chi connectivity index (χ1v) is 6.53. The molecule has 0 heterocycles. The molecule has 0 unspecified atom stereocenters. The number of amides is 1. The molecule has 0 saturated carbocycles. The highest BCUT2D eigenvalue weighted by atomic mass is 32.1. The van der Waals surface area contributed by atoms with Crippen LogP contribution in [0.2, 0.25) is 0 Å². The van der Waals surface area contributed by atoms with E-state index >= 15 is 0 Å². The van der Waals surface area contributed by atoms with Crippen LogP contribution in [0, 0.1) is 10.1 Å². The summed E-state index contributed by atoms with van der Waals surface area (Å²) in [7, 11) is 0. The zero-order valence-electron chi connectivity index (χ0n) is 11.1. The third kappa shape index (κ3) is 3.76. The molecule has 0 saturated heterocycles. The lowest BCUT2D eigenvalue weighted by Gasteiger charge is -2.10. The maximum Gasteiger partial charge on any atom is 0.269 e. The molecule has 0 atom stereocenters. The molecule has 0 aliphatic carbocycles. The molecule has 2 aromatic rings. The van der Waals surface area contributed by atoms with Crippen molar-refractivity contribution in [1.82, 2.24) is 5.32 Å². The van der Waals surface area contributed by atoms with E-state index in [-0.39, 0.29) is 22.1 Å². The number of nitrogens with one attached hydrogen (secondary N) is 2. The maximum absolute atomic E-state index is 11.9. The van der Waals surface area contributed by atoms with Crippen LogP contribution in [-0.4, -0.2) is 21.0 Å². The molecular weight excluding hydrogens is 306 g/mol. The molecule has 8 heteroatoms. The van der Waals surface area contributed by atoms with Gasteiger partial charge >= 0.3 is 0 Å². The van der Waals surface area contributed by atoms with Gasteiger partial charge in [-0.1, -0.05) is 12.1 Å². The quantitative estimate of drug-likeness (QED) is 0.347. The van der Waals surface area contributed by atoms with Crippen molar-refractivity contribution in [3.63, 3.8) is 0 Å². The summed E-state index contributed by atoms with van der Waals surface area (Å²) in [5.41, 5.74) is 0.481. The van der Waals surface area contributed by atoms with Gasteiger partial charge in [0.05, 0.1) is 10.6 Å². The lowest BCUT2D eigenvalue weighted by atomic mass is 10.2. The first kappa shape index (κ1) is 15.4. The molecule has 0 bridgehead atoms. The summed E-state index contributed by atoms with van der Waals surface area (Å²) in [4.78, 5) is 21.9. The van der Waals surface area contributed by atoms with Gasteiger partial charge in [0.2, 0.25) is 0 Å². The lowest BCUT2D eigenvalue weighted by molar-refractivity contribution is -0.384. The predicted molar refractivity (Wildman–Crippen MR) is 84.9 cm³/mol. The number of aromatic hydroxyl groups is 1. The monoisotopic (exact) mass is 317 g/mol. The van der Waals surface area contributed by atoms with E-state index in [0.717, 1.165) is 0 Å². The Balaban J connectivity index is 2.01. The number of nitro benzene ring substituents is 1. The number of para-hydroxylation sites is 2. The molecule has 0 spiro atoms. The Morgan fingerprint density at radius 3 is 2.36 bits per heavy atom. The van der Waals surface area contributed by atoms with Gasteiger partial charge in [-0.15, -0.1) is 0 Å². The summed E-state index contributed by atoms with van der Waals surface area (Å²) in [6.07, 6.45) is 0. The van der Waals surface area contributed by atoms with Crippen molar-refractivity contribution >= 4 is 34.6 Å². The fraction of sp³-hybridized carbons (Fsp3) is 0. The number of rotatable bonds is 3. The highest BCUT2D eigenvalue weighted by molar-refractivity contribution is 7.80. The van der Waals surface area contributed by atoms with E-state index in [9.17, 15) is 20.0 Å². The van der Waals surface area contributed by atoms with Gasteiger partial charge in [0.1, 0.15) is 5.75 Å². The highest BCUT2D eigenvalue weighted by Gasteiger charge is 2.11. The minimum atomic E-state index is -0.550. The molecule has 2 rings (SSSR count). The van der Waals surface area contributed by atoms with Gasteiger partial charge in [0, 0.05) is 17.7 Å². The van der Waals surface area contributed by atoms with E-state index in [0.29, 0.717) is 5.69 Å². The summed E-state index contributed by atoms with van der Waals surface area (Å²) >= 11 is 4.98. The number of anilines is 1. The van der Waals surface area contributed by atoms with Crippen LogP contribution in [0.25, 0.3) is 0 Å². The molecule has 1 amide bonds. The number of hydrogen-bond donors (Lipinski definition) is 3. The standard InChI is InChI=1S/C14H11N3O4S/c18-12-4-2-1-3-11(12)15-14(22)16-13(19)9-5-7-10(8-6-9)17(20)21/h1-8,18H,(H2,15,16,19,22). The molecule has 0 aliphatic heterocycles. The van der Waals surface area contributed by atoms with Crippen molar-refractivity contribution in [2.45, 2.75) is 0 Å². The van der Waals surface area contributed by atoms with Crippen LogP contribution >= 0.6 is 12.2 Å². The van der Waals surface area contributed by atoms with E-state index in [1.54, 1.807) is 18.2 Å². The molecule has 112 valence electrons. The second kappa shape index (κ2) is 6.64. The number of carbonyl (C=O) groups is 1. The zero-order chi connectivity index (χ0) is 16.1. The van der Waals surface area contributed by atoms with E-state index in [4.69, 9.17) is 12.2 Å². The van der Waals surface area contributed by atoms with Crippen molar-refractivity contribution in [3.8, 4) is 5.75 Å². The Morgan fingerprint density at radius 2 is 1.77 bits per heavy atom. The Hall–Kier alpha value is -3.00. The Labute approximate surface area is 130 Å². The van der Waals surface area contributed by atoms with Gasteiger partial charge in [-0.05, 0) is 36.5 Å². The van der Waals surface area contributed by atoms with Gasteiger partial charge in [0.15, 0.2) is 5.11 Å². The van der Waals surface area contributed by atoms with Crippen molar-refractivity contribution in [2.75, 3.05) is 5.32 Å². The van der Waals surface area contributed by atoms with Crippen molar-refractivity contribution in [1.29, 1.82) is 0 Å². The fourth-order valence-electron chi connectivity index (χ4n) is 1.64. The van der Waals surface area contributed by atoms with Gasteiger partial charge in [-0.3, -0.25) is 20.2 Å². The summed E-state index contributed by atoms with van der Waals surface area (Å²) in [5.74, 6) is -0.516. The highest BCUT2D eigenvalue weighted by Crippen LogP contribution is 2.21. The molecule has 0 radical (unpaired) electrons. The fourth-order valence-corrected chi connectivity index (χ4v) is 1.85. The van der Waals surface area contributed by atoms with E-state index in [1.807, 2.05) is 0 Å². The third-order valence-electron chi connectivity index (χ3n) is 2.72. The van der Waals surface area contributed by atoms with Crippen LogP contribution in [0.15, 0.2) is 48.5 Å². The summed E-state index contributed by atoms with van der Waals surface area (Å²) in [6.45, 7) is 0. The predicted octanol–water partition coefficient (Wildman–Crippen LogP) is 2.43. The van der Waals surface area contributed by atoms with E-state index in [2.05, 4.69) is 10.6 Å². The molecule has 7 nitrogen and oxygen atoms in total. The van der Waals surface area contributed by atoms with Crippen molar-refractivity contribution in [2.24, 2.45) is 0 Å². The minimum absolute atomic E-state index is 0.00449. The van der Waals surface area contributed by atoms with E-state index in [1.165, 1.54) is 30.3 Å². The number of carbonyl (C=O) groups excluding carboxylic acids is 1. The Kier molecular flexibility index (Phi) is 4.64. The number of hydrogen-bond acceptors (Lipinski definition) is 5. The summed E-state index contributed by atoms with van der Waals surface area (Å²) < 4.78 is 0. The maximum atomic E-state index is 11.9. The van der Waals surface area contributed by atoms with Crippen LogP contribution in [0.3, 0.4) is 0 Å². The number of benzene rings is 2. The summed E-state index contributed by atoms with van der Waals surface area (Å²) in [6, 6.07) is 11.5. The normalized spacial score (nSPS) is 9.82. The number of thiocarbonyl (C=S) groups is 1. The molecule has 3 N–H and O–H groups in total. The topological polar surface area (TPSA) is 104 Å². The van der Waals surface area contributed by atoms with Crippen LogP contribution in [0.1, 0.15) is 10.4 Å². The molecule has 0 aliphatic rings. The minimum Gasteiger partial charge on any atom is -0.506 e. The summed E-state index contributed by atoms with van der Waals surface area (Å²) in [5, 5.41) is 25.2. The van der Waals surface area contributed by atoms with Gasteiger partial charge in [0.25, 0.3) is 11.6 Å². The van der Waals surface area contributed by atoms with Crippen LogP contribution in [0.5, 0.6) is 5.75 Å². The molecule has 2 aromatic carbocycles. The molecular formula is C14H11N3O4S. The first-order valence-electron chi connectivity index (χ1n) is 6.12. The largest absolute Gasteiger partial charge is 0.506 e. The second-order valence-corrected chi connectivity index (χ2v) is 4.64. The smallest absolute Gasteiger partial charge is 0.269 e. The second-order valence-electron chi connectivity index (χ2n) is 4.23. The number of nitro groups is 1. The van der Waals surface area contributed by atoms with Gasteiger partial charge in [-0.2, -0.15) is 0 Å². The van der Waals surface area contributed by atoms with Crippen molar-refractivity contribution < 1.29 is 14.8 Å². The van der Waals surface area contributed by atoms with Gasteiger partial charge < -0.3 is 10.4 Å². The Bertz CT molecular complexity index is 731. The number of non-ortho nitro benzene ring substituents is 1. The van der Waals surface area contributed by atoms with Crippen molar-refractivity contribution in [3.05, 3.63) is 64.2 Å². The molecule has 0 fully saturated rings. The van der Waals surface area contributed by atoms with E-state index < -0.39 is 10.8 Å². The average Bonchev–Trinajstić information content (AvgIpc) is 2.49. The third-order valence-corrected chi connectivity index (χ3v) is 2.92. The lowest BCUT2D eigenvalue weighted by Crippen LogP contribution is -2.34. The molecule has 0 aromatic heterocycles. The first-order chi connectivity index (χ1) is 10.5. The Morgan fingerprint density at radius 1 is 1.14 bits per heavy atom. The average molecular weight is 317 g/mol. The van der Waals surface area contributed by atoms with Crippen LogP contribution in [-0.2, 0) is 0 Å². The molecule has 22 heavy (non-hydrogen) atoms.